The quantitative estimate of drug-likeness (QED) is 0.750. The van der Waals surface area contributed by atoms with Crippen LogP contribution in [0.2, 0.25) is 0 Å². The fourth-order valence-electron chi connectivity index (χ4n) is 5.05. The molecule has 5 nitrogen and oxygen atoms in total. The second kappa shape index (κ2) is 8.70. The van der Waals surface area contributed by atoms with Gasteiger partial charge in [-0.25, -0.2) is 5.43 Å². The molecule has 5 unspecified atom stereocenters. The molecule has 6 heteroatoms. The molecule has 3 N–H and O–H groups in total. The second-order valence-electron chi connectivity index (χ2n) is 7.70. The number of hydrazine groups is 1. The van der Waals surface area contributed by atoms with E-state index >= 15 is 0 Å². The SMILES string of the molecule is CCC(c1ccccc1)C1CCCN1C(=O)C1NNC2CCNCC21.Cl. The van der Waals surface area contributed by atoms with Gasteiger partial charge in [-0.3, -0.25) is 10.2 Å². The van der Waals surface area contributed by atoms with Crippen molar-refractivity contribution in [3.05, 3.63) is 35.9 Å². The van der Waals surface area contributed by atoms with Crippen LogP contribution in [0.1, 0.15) is 44.1 Å². The van der Waals surface area contributed by atoms with Crippen LogP contribution in [-0.2, 0) is 4.79 Å². The molecule has 3 aliphatic heterocycles. The van der Waals surface area contributed by atoms with Crippen molar-refractivity contribution in [2.75, 3.05) is 19.6 Å². The van der Waals surface area contributed by atoms with Crippen molar-refractivity contribution in [3.63, 3.8) is 0 Å². The third-order valence-corrected chi connectivity index (χ3v) is 6.36. The third-order valence-electron chi connectivity index (χ3n) is 6.36. The van der Waals surface area contributed by atoms with Gasteiger partial charge in [-0.2, -0.15) is 0 Å². The minimum atomic E-state index is -0.0910. The van der Waals surface area contributed by atoms with Gasteiger partial charge in [0.1, 0.15) is 6.04 Å². The topological polar surface area (TPSA) is 56.4 Å². The molecular formula is C20H31ClN4O. The first-order valence-corrected chi connectivity index (χ1v) is 9.86. The minimum Gasteiger partial charge on any atom is -0.338 e. The van der Waals surface area contributed by atoms with E-state index in [1.807, 2.05) is 0 Å². The fourth-order valence-corrected chi connectivity index (χ4v) is 5.05. The Bertz CT molecular complexity index is 599. The largest absolute Gasteiger partial charge is 0.338 e. The number of hydrogen-bond donors (Lipinski definition) is 3. The van der Waals surface area contributed by atoms with Gasteiger partial charge < -0.3 is 10.2 Å². The molecule has 3 heterocycles. The number of hydrogen-bond acceptors (Lipinski definition) is 4. The van der Waals surface area contributed by atoms with Gasteiger partial charge in [0.25, 0.3) is 0 Å². The number of amides is 1. The molecule has 3 fully saturated rings. The van der Waals surface area contributed by atoms with E-state index in [0.29, 0.717) is 29.8 Å². The van der Waals surface area contributed by atoms with E-state index in [9.17, 15) is 4.79 Å². The van der Waals surface area contributed by atoms with E-state index in [4.69, 9.17) is 0 Å². The Labute approximate surface area is 162 Å². The second-order valence-corrected chi connectivity index (χ2v) is 7.70. The first kappa shape index (κ1) is 19.6. The minimum absolute atomic E-state index is 0. The molecule has 0 bridgehead atoms. The molecule has 1 aromatic carbocycles. The van der Waals surface area contributed by atoms with Crippen LogP contribution in [0.4, 0.5) is 0 Å². The van der Waals surface area contributed by atoms with Crippen LogP contribution in [0, 0.1) is 5.92 Å². The van der Waals surface area contributed by atoms with Crippen molar-refractivity contribution in [3.8, 4) is 0 Å². The summed E-state index contributed by atoms with van der Waals surface area (Å²) >= 11 is 0. The lowest BCUT2D eigenvalue weighted by molar-refractivity contribution is -0.135. The highest BCUT2D eigenvalue weighted by molar-refractivity contribution is 5.85. The van der Waals surface area contributed by atoms with Crippen LogP contribution in [0.15, 0.2) is 30.3 Å². The summed E-state index contributed by atoms with van der Waals surface area (Å²) in [5.74, 6) is 1.09. The van der Waals surface area contributed by atoms with Crippen LogP contribution in [-0.4, -0.2) is 48.6 Å². The number of carbonyl (C=O) groups is 1. The van der Waals surface area contributed by atoms with Gasteiger partial charge in [-0.15, -0.1) is 12.4 Å². The summed E-state index contributed by atoms with van der Waals surface area (Å²) in [6, 6.07) is 11.4. The summed E-state index contributed by atoms with van der Waals surface area (Å²) in [6.45, 7) is 5.11. The van der Waals surface area contributed by atoms with Crippen LogP contribution in [0.5, 0.6) is 0 Å². The molecule has 3 aliphatic rings. The van der Waals surface area contributed by atoms with Crippen LogP contribution >= 0.6 is 12.4 Å². The molecule has 5 atom stereocenters. The maximum Gasteiger partial charge on any atom is 0.241 e. The molecule has 0 spiro atoms. The van der Waals surface area contributed by atoms with E-state index in [2.05, 4.69) is 58.3 Å². The van der Waals surface area contributed by atoms with Gasteiger partial charge >= 0.3 is 0 Å². The van der Waals surface area contributed by atoms with Crippen molar-refractivity contribution >= 4 is 18.3 Å². The van der Waals surface area contributed by atoms with Gasteiger partial charge in [0.2, 0.25) is 5.91 Å². The number of benzene rings is 1. The molecular weight excluding hydrogens is 348 g/mol. The standard InChI is InChI=1S/C20H30N4O.ClH/c1-2-15(14-7-4-3-5-8-14)18-9-6-12-24(18)20(25)19-16-13-21-11-10-17(16)22-23-19;/h3-5,7-8,15-19,21-23H,2,6,9-13H2,1H3;1H. The summed E-state index contributed by atoms with van der Waals surface area (Å²) in [4.78, 5) is 15.5. The van der Waals surface area contributed by atoms with Crippen LogP contribution in [0.3, 0.4) is 0 Å². The van der Waals surface area contributed by atoms with Crippen LogP contribution < -0.4 is 16.2 Å². The first-order valence-electron chi connectivity index (χ1n) is 9.86. The molecule has 0 saturated carbocycles. The maximum absolute atomic E-state index is 13.4. The first-order chi connectivity index (χ1) is 12.3. The number of likely N-dealkylation sites (tertiary alicyclic amines) is 1. The summed E-state index contributed by atoms with van der Waals surface area (Å²) in [7, 11) is 0. The van der Waals surface area contributed by atoms with Gasteiger partial charge in [-0.1, -0.05) is 37.3 Å². The summed E-state index contributed by atoms with van der Waals surface area (Å²) in [5, 5.41) is 3.45. The number of fused-ring (bicyclic) bond motifs is 1. The normalized spacial score (nSPS) is 32.0. The molecule has 26 heavy (non-hydrogen) atoms. The lowest BCUT2D eigenvalue weighted by Gasteiger charge is -2.35. The Hall–Kier alpha value is -1.14. The molecule has 0 aliphatic carbocycles. The highest BCUT2D eigenvalue weighted by Crippen LogP contribution is 2.35. The fraction of sp³-hybridized carbons (Fsp3) is 0.650. The number of nitrogens with one attached hydrogen (secondary N) is 3. The molecule has 1 aromatic rings. The van der Waals surface area contributed by atoms with Crippen molar-refractivity contribution in [1.29, 1.82) is 0 Å². The van der Waals surface area contributed by atoms with E-state index in [-0.39, 0.29) is 18.4 Å². The molecule has 0 aromatic heterocycles. The lowest BCUT2D eigenvalue weighted by atomic mass is 9.86. The van der Waals surface area contributed by atoms with Crippen molar-refractivity contribution in [2.45, 2.75) is 56.7 Å². The number of nitrogens with zero attached hydrogens (tertiary/aromatic N) is 1. The summed E-state index contributed by atoms with van der Waals surface area (Å²) in [5.41, 5.74) is 8.04. The maximum atomic E-state index is 13.4. The Balaban J connectivity index is 0.00000196. The van der Waals surface area contributed by atoms with Crippen molar-refractivity contribution < 1.29 is 4.79 Å². The monoisotopic (exact) mass is 378 g/mol. The zero-order valence-electron chi connectivity index (χ0n) is 15.5. The molecule has 144 valence electrons. The average Bonchev–Trinajstić information content (AvgIpc) is 3.30. The predicted molar refractivity (Wildman–Crippen MR) is 106 cm³/mol. The lowest BCUT2D eigenvalue weighted by Crippen LogP contribution is -2.52. The highest BCUT2D eigenvalue weighted by atomic mass is 35.5. The van der Waals surface area contributed by atoms with Gasteiger partial charge in [0, 0.05) is 37.0 Å². The van der Waals surface area contributed by atoms with Crippen LogP contribution in [0.25, 0.3) is 0 Å². The van der Waals surface area contributed by atoms with E-state index in [1.54, 1.807) is 0 Å². The number of piperidine rings is 1. The summed E-state index contributed by atoms with van der Waals surface area (Å²) < 4.78 is 0. The summed E-state index contributed by atoms with van der Waals surface area (Å²) in [6.07, 6.45) is 4.40. The molecule has 1 amide bonds. The number of halogens is 1. The van der Waals surface area contributed by atoms with E-state index in [0.717, 1.165) is 45.3 Å². The molecule has 0 radical (unpaired) electrons. The van der Waals surface area contributed by atoms with Gasteiger partial charge in [-0.05, 0) is 37.8 Å². The Morgan fingerprint density at radius 3 is 2.81 bits per heavy atom. The van der Waals surface area contributed by atoms with Crippen molar-refractivity contribution in [2.24, 2.45) is 5.92 Å². The Morgan fingerprint density at radius 1 is 1.23 bits per heavy atom. The van der Waals surface area contributed by atoms with E-state index in [1.165, 1.54) is 5.56 Å². The smallest absolute Gasteiger partial charge is 0.241 e. The Morgan fingerprint density at radius 2 is 2.04 bits per heavy atom. The highest BCUT2D eigenvalue weighted by Gasteiger charge is 2.45. The van der Waals surface area contributed by atoms with Gasteiger partial charge in [0.05, 0.1) is 0 Å². The number of rotatable bonds is 4. The zero-order chi connectivity index (χ0) is 17.2. The van der Waals surface area contributed by atoms with Crippen molar-refractivity contribution in [1.82, 2.24) is 21.1 Å². The zero-order valence-corrected chi connectivity index (χ0v) is 16.3. The average molecular weight is 379 g/mol. The van der Waals surface area contributed by atoms with E-state index < -0.39 is 0 Å². The predicted octanol–water partition coefficient (Wildman–Crippen LogP) is 2.05. The third kappa shape index (κ3) is 3.63. The molecule has 3 saturated heterocycles. The Kier molecular flexibility index (Phi) is 6.56. The van der Waals surface area contributed by atoms with Gasteiger partial charge in [0.15, 0.2) is 0 Å². The molecule has 4 rings (SSSR count). The number of carbonyl (C=O) groups excluding carboxylic acids is 1.